The Labute approximate surface area is 100 Å². The molecule has 0 aliphatic carbocycles. The molecule has 1 aromatic carbocycles. The second-order valence-electron chi connectivity index (χ2n) is 3.38. The molecule has 0 saturated carbocycles. The number of benzene rings is 1. The van der Waals surface area contributed by atoms with Crippen LogP contribution in [0, 0.1) is 5.92 Å². The van der Waals surface area contributed by atoms with E-state index >= 15 is 0 Å². The zero-order valence-electron chi connectivity index (χ0n) is 8.90. The van der Waals surface area contributed by atoms with E-state index in [2.05, 4.69) is 0 Å². The van der Waals surface area contributed by atoms with Gasteiger partial charge in [0.05, 0.1) is 4.20 Å². The quantitative estimate of drug-likeness (QED) is 0.748. The number of hydrogen-bond donors (Lipinski definition) is 0. The predicted molar refractivity (Wildman–Crippen MR) is 70.2 cm³/mol. The van der Waals surface area contributed by atoms with E-state index in [0.29, 0.717) is 4.20 Å². The number of thiocarbonyl (C=S) groups is 1. The van der Waals surface area contributed by atoms with E-state index in [9.17, 15) is 4.79 Å². The van der Waals surface area contributed by atoms with Gasteiger partial charge in [-0.15, -0.1) is 0 Å². The second kappa shape index (κ2) is 6.03. The number of rotatable bonds is 3. The standard InChI is InChI=1S/C12H14OS2/c1-3-9(2)11(13)15-12(14)10-7-5-4-6-8-10/h4-9H,3H2,1-2H3. The molecule has 0 aliphatic rings. The monoisotopic (exact) mass is 238 g/mol. The van der Waals surface area contributed by atoms with Gasteiger partial charge in [0.25, 0.3) is 0 Å². The van der Waals surface area contributed by atoms with Gasteiger partial charge in [0, 0.05) is 5.92 Å². The summed E-state index contributed by atoms with van der Waals surface area (Å²) in [6, 6.07) is 9.65. The van der Waals surface area contributed by atoms with Crippen molar-refractivity contribution in [2.75, 3.05) is 0 Å². The fourth-order valence-corrected chi connectivity index (χ4v) is 2.18. The Balaban J connectivity index is 2.61. The molecule has 1 aromatic rings. The SMILES string of the molecule is CCC(C)C(=O)SC(=S)c1ccccc1. The third-order valence-corrected chi connectivity index (χ3v) is 3.73. The Kier molecular flexibility index (Phi) is 4.99. The minimum Gasteiger partial charge on any atom is -0.287 e. The highest BCUT2D eigenvalue weighted by Crippen LogP contribution is 2.20. The average Bonchev–Trinajstić information content (AvgIpc) is 2.29. The van der Waals surface area contributed by atoms with Crippen molar-refractivity contribution in [3.63, 3.8) is 0 Å². The summed E-state index contributed by atoms with van der Waals surface area (Å²) in [6.07, 6.45) is 0.864. The van der Waals surface area contributed by atoms with Crippen molar-refractivity contribution in [2.24, 2.45) is 5.92 Å². The molecule has 0 heterocycles. The van der Waals surface area contributed by atoms with Gasteiger partial charge in [0.15, 0.2) is 5.12 Å². The molecule has 80 valence electrons. The van der Waals surface area contributed by atoms with Crippen LogP contribution in [0.1, 0.15) is 25.8 Å². The van der Waals surface area contributed by atoms with E-state index in [4.69, 9.17) is 12.2 Å². The second-order valence-corrected chi connectivity index (χ2v) is 5.07. The molecule has 0 bridgehead atoms. The van der Waals surface area contributed by atoms with Crippen LogP contribution < -0.4 is 0 Å². The minimum absolute atomic E-state index is 0.0802. The van der Waals surface area contributed by atoms with Crippen molar-refractivity contribution in [2.45, 2.75) is 20.3 Å². The summed E-state index contributed by atoms with van der Waals surface area (Å²) in [6.45, 7) is 3.94. The molecule has 0 amide bonds. The third kappa shape index (κ3) is 3.76. The first kappa shape index (κ1) is 12.4. The van der Waals surface area contributed by atoms with Crippen LogP contribution in [0.3, 0.4) is 0 Å². The maximum Gasteiger partial charge on any atom is 0.197 e. The first-order valence-corrected chi connectivity index (χ1v) is 6.18. The van der Waals surface area contributed by atoms with Crippen molar-refractivity contribution in [3.05, 3.63) is 35.9 Å². The lowest BCUT2D eigenvalue weighted by Gasteiger charge is -2.07. The Morgan fingerprint density at radius 2 is 2.00 bits per heavy atom. The van der Waals surface area contributed by atoms with Gasteiger partial charge in [-0.2, -0.15) is 0 Å². The normalized spacial score (nSPS) is 12.1. The molecule has 1 nitrogen and oxygen atoms in total. The van der Waals surface area contributed by atoms with E-state index < -0.39 is 0 Å². The van der Waals surface area contributed by atoms with E-state index in [-0.39, 0.29) is 11.0 Å². The van der Waals surface area contributed by atoms with Gasteiger partial charge in [-0.05, 0) is 23.7 Å². The summed E-state index contributed by atoms with van der Waals surface area (Å²) in [4.78, 5) is 11.6. The first-order valence-electron chi connectivity index (χ1n) is 4.96. The molecule has 0 N–H and O–H groups in total. The van der Waals surface area contributed by atoms with Crippen molar-refractivity contribution in [3.8, 4) is 0 Å². The molecule has 0 saturated heterocycles. The van der Waals surface area contributed by atoms with Crippen LogP contribution in [-0.2, 0) is 4.79 Å². The molecular formula is C12H14OS2. The van der Waals surface area contributed by atoms with E-state index in [1.165, 1.54) is 11.8 Å². The van der Waals surface area contributed by atoms with E-state index in [0.717, 1.165) is 12.0 Å². The smallest absolute Gasteiger partial charge is 0.197 e. The van der Waals surface area contributed by atoms with Gasteiger partial charge in [0.2, 0.25) is 0 Å². The van der Waals surface area contributed by atoms with Crippen LogP contribution >= 0.6 is 24.0 Å². The number of thioether (sulfide) groups is 1. The fraction of sp³-hybridized carbons (Fsp3) is 0.333. The van der Waals surface area contributed by atoms with Crippen LogP contribution in [0.15, 0.2) is 30.3 Å². The van der Waals surface area contributed by atoms with Gasteiger partial charge in [-0.3, -0.25) is 4.79 Å². The molecule has 1 rings (SSSR count). The van der Waals surface area contributed by atoms with Crippen LogP contribution in [0.4, 0.5) is 0 Å². The summed E-state index contributed by atoms with van der Waals surface area (Å²) in [5, 5.41) is 0.159. The minimum atomic E-state index is 0.0802. The van der Waals surface area contributed by atoms with Crippen LogP contribution in [0.2, 0.25) is 0 Å². The highest BCUT2D eigenvalue weighted by atomic mass is 32.2. The van der Waals surface area contributed by atoms with Crippen LogP contribution in [0.5, 0.6) is 0 Å². The molecule has 1 unspecified atom stereocenters. The highest BCUT2D eigenvalue weighted by Gasteiger charge is 2.14. The Morgan fingerprint density at radius 1 is 1.40 bits per heavy atom. The molecule has 0 fully saturated rings. The summed E-state index contributed by atoms with van der Waals surface area (Å²) < 4.78 is 0.668. The Bertz CT molecular complexity index is 346. The van der Waals surface area contributed by atoms with Crippen molar-refractivity contribution < 1.29 is 4.79 Å². The fourth-order valence-electron chi connectivity index (χ4n) is 0.992. The zero-order chi connectivity index (χ0) is 11.3. The van der Waals surface area contributed by atoms with Crippen molar-refractivity contribution >= 4 is 33.3 Å². The maximum atomic E-state index is 11.6. The van der Waals surface area contributed by atoms with Crippen LogP contribution in [0.25, 0.3) is 0 Å². The first-order chi connectivity index (χ1) is 7.15. The average molecular weight is 238 g/mol. The topological polar surface area (TPSA) is 17.1 Å². The molecule has 0 aliphatic heterocycles. The third-order valence-electron chi connectivity index (χ3n) is 2.22. The number of hydrogen-bond acceptors (Lipinski definition) is 3. The number of carbonyl (C=O) groups excluding carboxylic acids is 1. The van der Waals surface area contributed by atoms with Crippen LogP contribution in [-0.4, -0.2) is 9.31 Å². The Hall–Kier alpha value is -0.670. The molecule has 3 heteroatoms. The largest absolute Gasteiger partial charge is 0.287 e. The van der Waals surface area contributed by atoms with E-state index in [1.54, 1.807) is 0 Å². The predicted octanol–water partition coefficient (Wildman–Crippen LogP) is 3.67. The maximum absolute atomic E-state index is 11.6. The molecule has 0 aromatic heterocycles. The summed E-state index contributed by atoms with van der Waals surface area (Å²) in [7, 11) is 0. The van der Waals surface area contributed by atoms with Gasteiger partial charge in [0.1, 0.15) is 0 Å². The van der Waals surface area contributed by atoms with Crippen molar-refractivity contribution in [1.82, 2.24) is 0 Å². The van der Waals surface area contributed by atoms with E-state index in [1.807, 2.05) is 44.2 Å². The van der Waals surface area contributed by atoms with Crippen molar-refractivity contribution in [1.29, 1.82) is 0 Å². The molecule has 1 atom stereocenters. The van der Waals surface area contributed by atoms with Gasteiger partial charge in [-0.1, -0.05) is 56.4 Å². The van der Waals surface area contributed by atoms with Gasteiger partial charge >= 0.3 is 0 Å². The van der Waals surface area contributed by atoms with Gasteiger partial charge in [-0.25, -0.2) is 0 Å². The highest BCUT2D eigenvalue weighted by molar-refractivity contribution is 8.33. The lowest BCUT2D eigenvalue weighted by atomic mass is 10.1. The lowest BCUT2D eigenvalue weighted by Crippen LogP contribution is -2.08. The summed E-state index contributed by atoms with van der Waals surface area (Å²) in [5.74, 6) is 0.0802. The molecule has 0 spiro atoms. The summed E-state index contributed by atoms with van der Waals surface area (Å²) in [5.41, 5.74) is 0.953. The number of carbonyl (C=O) groups is 1. The zero-order valence-corrected chi connectivity index (χ0v) is 10.5. The summed E-state index contributed by atoms with van der Waals surface area (Å²) >= 11 is 6.38. The molecule has 0 radical (unpaired) electrons. The lowest BCUT2D eigenvalue weighted by molar-refractivity contribution is -0.113. The Morgan fingerprint density at radius 3 is 2.53 bits per heavy atom. The molecular weight excluding hydrogens is 224 g/mol. The molecule has 15 heavy (non-hydrogen) atoms. The van der Waals surface area contributed by atoms with Gasteiger partial charge < -0.3 is 0 Å².